The molecule has 0 amide bonds. The third-order valence-corrected chi connectivity index (χ3v) is 7.30. The van der Waals surface area contributed by atoms with Crippen LogP contribution in [0, 0.1) is 0 Å². The fraction of sp³-hybridized carbons (Fsp3) is 0.138. The molecule has 1 fully saturated rings. The van der Waals surface area contributed by atoms with Crippen molar-refractivity contribution < 1.29 is 23.9 Å². The summed E-state index contributed by atoms with van der Waals surface area (Å²) in [6.45, 7) is 0.245. The number of benzene rings is 3. The van der Waals surface area contributed by atoms with E-state index in [9.17, 15) is 4.79 Å². The Morgan fingerprint density at radius 2 is 1.64 bits per heavy atom. The number of aromatic carboxylic acids is 1. The van der Waals surface area contributed by atoms with Crippen molar-refractivity contribution in [3.8, 4) is 28.6 Å². The van der Waals surface area contributed by atoms with Crippen LogP contribution < -0.4 is 9.47 Å². The number of hydrogen-bond acceptors (Lipinski definition) is 6. The van der Waals surface area contributed by atoms with E-state index in [4.69, 9.17) is 53.9 Å². The Kier molecular flexibility index (Phi) is 6.81. The summed E-state index contributed by atoms with van der Waals surface area (Å²) in [6.07, 6.45) is 3.29. The van der Waals surface area contributed by atoms with Gasteiger partial charge in [0.15, 0.2) is 0 Å². The summed E-state index contributed by atoms with van der Waals surface area (Å²) in [4.78, 5) is 15.1. The van der Waals surface area contributed by atoms with Crippen molar-refractivity contribution in [1.29, 1.82) is 0 Å². The standard InChI is InChI=1S/C29H19Cl3N2O5/c30-22-2-1-3-23(31)25(22)26-21(27(39-34-26)15-4-5-15)14-37-19-8-6-17-11-20(9-7-16(17)10-19)38-28-24(32)12-18(13-33-28)29(35)36/h1-3,6-13,15H,4-5,14H2,(H,35,36). The highest BCUT2D eigenvalue weighted by molar-refractivity contribution is 6.39. The lowest BCUT2D eigenvalue weighted by molar-refractivity contribution is 0.0696. The first-order valence-corrected chi connectivity index (χ1v) is 13.2. The number of pyridine rings is 1. The zero-order valence-electron chi connectivity index (χ0n) is 20.2. The molecule has 0 aliphatic heterocycles. The van der Waals surface area contributed by atoms with Crippen LogP contribution >= 0.6 is 34.8 Å². The van der Waals surface area contributed by atoms with E-state index in [0.29, 0.717) is 38.7 Å². The smallest absolute Gasteiger partial charge is 0.337 e. The van der Waals surface area contributed by atoms with Gasteiger partial charge in [-0.25, -0.2) is 9.78 Å². The quantitative estimate of drug-likeness (QED) is 0.196. The first-order valence-electron chi connectivity index (χ1n) is 12.0. The third-order valence-electron chi connectivity index (χ3n) is 6.40. The number of ether oxygens (including phenoxy) is 2. The van der Waals surface area contributed by atoms with Crippen LogP contribution in [0.25, 0.3) is 22.0 Å². The van der Waals surface area contributed by atoms with E-state index in [-0.39, 0.29) is 23.1 Å². The summed E-state index contributed by atoms with van der Waals surface area (Å²) in [7, 11) is 0. The second kappa shape index (κ2) is 10.4. The van der Waals surface area contributed by atoms with Gasteiger partial charge < -0.3 is 19.1 Å². The van der Waals surface area contributed by atoms with Gasteiger partial charge in [-0.2, -0.15) is 0 Å². The van der Waals surface area contributed by atoms with Crippen molar-refractivity contribution in [1.82, 2.24) is 10.1 Å². The Labute approximate surface area is 237 Å². The molecule has 39 heavy (non-hydrogen) atoms. The van der Waals surface area contributed by atoms with E-state index in [1.54, 1.807) is 24.3 Å². The van der Waals surface area contributed by atoms with Gasteiger partial charge in [-0.3, -0.25) is 0 Å². The molecule has 0 atom stereocenters. The molecule has 6 rings (SSSR count). The average Bonchev–Trinajstić information content (AvgIpc) is 3.68. The molecule has 0 radical (unpaired) electrons. The molecule has 1 aliphatic rings. The van der Waals surface area contributed by atoms with Gasteiger partial charge in [-0.15, -0.1) is 0 Å². The van der Waals surface area contributed by atoms with Crippen LogP contribution in [0.5, 0.6) is 17.4 Å². The van der Waals surface area contributed by atoms with Crippen molar-refractivity contribution in [3.63, 3.8) is 0 Å². The predicted octanol–water partition coefficient (Wildman–Crippen LogP) is 8.80. The van der Waals surface area contributed by atoms with Gasteiger partial charge in [0, 0.05) is 17.7 Å². The molecule has 1 N–H and O–H groups in total. The van der Waals surface area contributed by atoms with Crippen LogP contribution in [-0.4, -0.2) is 21.2 Å². The zero-order chi connectivity index (χ0) is 27.1. The maximum Gasteiger partial charge on any atom is 0.337 e. The number of hydrogen-bond donors (Lipinski definition) is 1. The lowest BCUT2D eigenvalue weighted by Gasteiger charge is -2.11. The van der Waals surface area contributed by atoms with E-state index in [2.05, 4.69) is 10.1 Å². The predicted molar refractivity (Wildman–Crippen MR) is 148 cm³/mol. The molecule has 5 aromatic rings. The molecule has 0 saturated heterocycles. The van der Waals surface area contributed by atoms with Crippen molar-refractivity contribution >= 4 is 51.5 Å². The number of fused-ring (bicyclic) bond motifs is 1. The molecular weight excluding hydrogens is 563 g/mol. The van der Waals surface area contributed by atoms with Crippen LogP contribution in [-0.2, 0) is 6.61 Å². The number of nitrogens with zero attached hydrogens (tertiary/aromatic N) is 2. The highest BCUT2D eigenvalue weighted by Crippen LogP contribution is 2.46. The van der Waals surface area contributed by atoms with Crippen LogP contribution in [0.15, 0.2) is 71.4 Å². The topological polar surface area (TPSA) is 94.7 Å². The van der Waals surface area contributed by atoms with Gasteiger partial charge in [0.2, 0.25) is 5.88 Å². The lowest BCUT2D eigenvalue weighted by Crippen LogP contribution is -2.00. The SMILES string of the molecule is O=C(O)c1cnc(Oc2ccc3cc(OCc4c(-c5c(Cl)cccc5Cl)noc4C4CC4)ccc3c2)c(Cl)c1. The molecule has 2 heterocycles. The fourth-order valence-corrected chi connectivity index (χ4v) is 5.07. The number of halogens is 3. The summed E-state index contributed by atoms with van der Waals surface area (Å²) in [5, 5.41) is 16.3. The van der Waals surface area contributed by atoms with Crippen LogP contribution in [0.1, 0.15) is 40.4 Å². The maximum absolute atomic E-state index is 11.1. The molecule has 7 nitrogen and oxygen atoms in total. The summed E-state index contributed by atoms with van der Waals surface area (Å²) in [5.41, 5.74) is 2.05. The minimum Gasteiger partial charge on any atom is -0.489 e. The highest BCUT2D eigenvalue weighted by atomic mass is 35.5. The van der Waals surface area contributed by atoms with Gasteiger partial charge in [0.25, 0.3) is 0 Å². The van der Waals surface area contributed by atoms with Crippen molar-refractivity contribution in [2.45, 2.75) is 25.4 Å². The van der Waals surface area contributed by atoms with E-state index < -0.39 is 5.97 Å². The average molecular weight is 582 g/mol. The fourth-order valence-electron chi connectivity index (χ4n) is 4.29. The van der Waals surface area contributed by atoms with Gasteiger partial charge in [-0.1, -0.05) is 58.2 Å². The zero-order valence-corrected chi connectivity index (χ0v) is 22.4. The summed E-state index contributed by atoms with van der Waals surface area (Å²) in [6, 6.07) is 17.9. The second-order valence-corrected chi connectivity index (χ2v) is 10.3. The number of rotatable bonds is 8. The van der Waals surface area contributed by atoms with Crippen LogP contribution in [0.4, 0.5) is 0 Å². The van der Waals surface area contributed by atoms with Crippen LogP contribution in [0.2, 0.25) is 15.1 Å². The molecule has 1 aliphatic carbocycles. The molecule has 2 aromatic heterocycles. The number of carboxylic acid groups (broad SMARTS) is 1. The Hall–Kier alpha value is -3.78. The largest absolute Gasteiger partial charge is 0.489 e. The maximum atomic E-state index is 11.1. The van der Waals surface area contributed by atoms with Crippen molar-refractivity contribution in [2.75, 3.05) is 0 Å². The van der Waals surface area contributed by atoms with Gasteiger partial charge >= 0.3 is 5.97 Å². The van der Waals surface area contributed by atoms with Gasteiger partial charge in [0.1, 0.15) is 34.6 Å². The monoisotopic (exact) mass is 580 g/mol. The van der Waals surface area contributed by atoms with Gasteiger partial charge in [-0.05, 0) is 66.1 Å². The van der Waals surface area contributed by atoms with Crippen molar-refractivity contribution in [2.24, 2.45) is 0 Å². The first kappa shape index (κ1) is 25.5. The van der Waals surface area contributed by atoms with E-state index >= 15 is 0 Å². The summed E-state index contributed by atoms with van der Waals surface area (Å²) >= 11 is 19.1. The molecule has 196 valence electrons. The molecule has 0 spiro atoms. The molecule has 1 saturated carbocycles. The Balaban J connectivity index is 1.23. The normalized spacial score (nSPS) is 13.0. The van der Waals surface area contributed by atoms with Crippen molar-refractivity contribution in [3.05, 3.63) is 98.8 Å². The Bertz CT molecular complexity index is 1710. The second-order valence-electron chi connectivity index (χ2n) is 9.12. The Morgan fingerprint density at radius 1 is 0.949 bits per heavy atom. The van der Waals surface area contributed by atoms with E-state index in [0.717, 1.165) is 34.9 Å². The van der Waals surface area contributed by atoms with Gasteiger partial charge in [0.05, 0.1) is 21.2 Å². The third kappa shape index (κ3) is 5.26. The minimum absolute atomic E-state index is 0.0177. The first-order chi connectivity index (χ1) is 18.9. The highest BCUT2D eigenvalue weighted by Gasteiger charge is 2.33. The number of aromatic nitrogens is 2. The van der Waals surface area contributed by atoms with Crippen LogP contribution in [0.3, 0.4) is 0 Å². The summed E-state index contributed by atoms with van der Waals surface area (Å²) < 4.78 is 17.7. The minimum atomic E-state index is -1.11. The molecular formula is C29H19Cl3N2O5. The van der Waals surface area contributed by atoms with E-state index in [1.165, 1.54) is 12.3 Å². The number of carboxylic acids is 1. The molecule has 10 heteroatoms. The Morgan fingerprint density at radius 3 is 2.31 bits per heavy atom. The summed E-state index contributed by atoms with van der Waals surface area (Å²) in [5.74, 6) is 1.32. The molecule has 3 aromatic carbocycles. The van der Waals surface area contributed by atoms with E-state index in [1.807, 2.05) is 30.3 Å². The number of carbonyl (C=O) groups is 1. The molecule has 0 unspecified atom stereocenters. The lowest BCUT2D eigenvalue weighted by atomic mass is 10.0. The molecule has 0 bridgehead atoms.